The number of halogens is 1. The Morgan fingerprint density at radius 2 is 1.83 bits per heavy atom. The van der Waals surface area contributed by atoms with E-state index in [1.165, 1.54) is 23.7 Å². The van der Waals surface area contributed by atoms with Crippen LogP contribution in [-0.2, 0) is 18.4 Å². The minimum atomic E-state index is -0.662. The second-order valence-electron chi connectivity index (χ2n) is 7.25. The first-order valence-corrected chi connectivity index (χ1v) is 9.98. The zero-order valence-corrected chi connectivity index (χ0v) is 17.2. The third-order valence-electron chi connectivity index (χ3n) is 5.28. The van der Waals surface area contributed by atoms with Crippen molar-refractivity contribution in [1.29, 1.82) is 0 Å². The van der Waals surface area contributed by atoms with E-state index in [1.54, 1.807) is 0 Å². The number of hydrogen-bond donors (Lipinski definition) is 2. The van der Waals surface area contributed by atoms with Crippen LogP contribution in [0.15, 0.2) is 21.7 Å². The molecule has 0 saturated carbocycles. The van der Waals surface area contributed by atoms with Gasteiger partial charge < -0.3 is 25.4 Å². The number of nitrogens with one attached hydrogen (secondary N) is 1. The molecule has 0 spiro atoms. The molecule has 0 bridgehead atoms. The van der Waals surface area contributed by atoms with Gasteiger partial charge in [-0.15, -0.1) is 0 Å². The maximum absolute atomic E-state index is 13.1. The SMILES string of the molecule is Cn1c(N)c(N2CCCCC2)c(=O)n(CC(=O)Nc2cc3c(cc2Cl)OCO3)c1=O. The molecule has 2 aromatic rings. The van der Waals surface area contributed by atoms with Crippen molar-refractivity contribution in [1.82, 2.24) is 9.13 Å². The standard InChI is InChI=1S/C19H22ClN5O5/c1-23-17(21)16(24-5-3-2-4-6-24)18(27)25(19(23)28)9-15(26)22-12-8-14-13(7-11(12)20)29-10-30-14/h7-8H,2-6,9-10,21H2,1H3,(H,22,26). The molecule has 0 radical (unpaired) electrons. The largest absolute Gasteiger partial charge is 0.454 e. The first-order valence-electron chi connectivity index (χ1n) is 9.60. The van der Waals surface area contributed by atoms with Gasteiger partial charge in [0.25, 0.3) is 5.56 Å². The van der Waals surface area contributed by atoms with Crippen molar-refractivity contribution in [3.8, 4) is 11.5 Å². The van der Waals surface area contributed by atoms with Crippen LogP contribution >= 0.6 is 11.6 Å². The van der Waals surface area contributed by atoms with Gasteiger partial charge in [-0.25, -0.2) is 9.36 Å². The smallest absolute Gasteiger partial charge is 0.332 e. The number of ether oxygens (including phenoxy) is 2. The van der Waals surface area contributed by atoms with Crippen LogP contribution in [0.1, 0.15) is 19.3 Å². The number of carbonyl (C=O) groups excluding carboxylic acids is 1. The molecule has 1 amide bonds. The summed E-state index contributed by atoms with van der Waals surface area (Å²) in [5.41, 5.74) is 5.38. The summed E-state index contributed by atoms with van der Waals surface area (Å²) in [7, 11) is 1.48. The van der Waals surface area contributed by atoms with Gasteiger partial charge in [-0.05, 0) is 19.3 Å². The Labute approximate surface area is 176 Å². The van der Waals surface area contributed by atoms with Crippen molar-refractivity contribution >= 4 is 34.7 Å². The molecular formula is C19H22ClN5O5. The molecule has 2 aliphatic rings. The Hall–Kier alpha value is -3.14. The van der Waals surface area contributed by atoms with E-state index in [1.807, 2.05) is 4.90 Å². The van der Waals surface area contributed by atoms with Crippen LogP contribution in [0.4, 0.5) is 17.2 Å². The minimum absolute atomic E-state index is 0.0687. The average molecular weight is 436 g/mol. The summed E-state index contributed by atoms with van der Waals surface area (Å²) in [4.78, 5) is 40.2. The summed E-state index contributed by atoms with van der Waals surface area (Å²) >= 11 is 6.18. The summed E-state index contributed by atoms with van der Waals surface area (Å²) in [5, 5.41) is 2.87. The average Bonchev–Trinajstić information content (AvgIpc) is 3.18. The van der Waals surface area contributed by atoms with Gasteiger partial charge in [0, 0.05) is 32.3 Å². The van der Waals surface area contributed by atoms with Gasteiger partial charge in [0.05, 0.1) is 10.7 Å². The van der Waals surface area contributed by atoms with Gasteiger partial charge >= 0.3 is 5.69 Å². The third kappa shape index (κ3) is 3.58. The van der Waals surface area contributed by atoms with E-state index in [0.717, 1.165) is 23.8 Å². The molecular weight excluding hydrogens is 414 g/mol. The fourth-order valence-corrected chi connectivity index (χ4v) is 3.87. The van der Waals surface area contributed by atoms with Gasteiger partial charge in [0.15, 0.2) is 11.5 Å². The maximum atomic E-state index is 13.1. The van der Waals surface area contributed by atoms with Crippen LogP contribution in [0.25, 0.3) is 0 Å². The Balaban J connectivity index is 1.63. The van der Waals surface area contributed by atoms with Crippen LogP contribution < -0.4 is 36.7 Å². The Bertz CT molecular complexity index is 1120. The van der Waals surface area contributed by atoms with Crippen LogP contribution in [0.5, 0.6) is 11.5 Å². The Morgan fingerprint density at radius 3 is 2.53 bits per heavy atom. The molecule has 1 fully saturated rings. The van der Waals surface area contributed by atoms with E-state index in [4.69, 9.17) is 26.8 Å². The first kappa shape index (κ1) is 20.1. The highest BCUT2D eigenvalue weighted by Gasteiger charge is 2.24. The Morgan fingerprint density at radius 1 is 1.17 bits per heavy atom. The highest BCUT2D eigenvalue weighted by molar-refractivity contribution is 6.34. The predicted octanol–water partition coefficient (Wildman–Crippen LogP) is 1.14. The lowest BCUT2D eigenvalue weighted by molar-refractivity contribution is -0.116. The second kappa shape index (κ2) is 7.94. The van der Waals surface area contributed by atoms with E-state index in [9.17, 15) is 14.4 Å². The molecule has 1 aromatic carbocycles. The van der Waals surface area contributed by atoms with Crippen molar-refractivity contribution in [2.75, 3.05) is 35.8 Å². The number of aromatic nitrogens is 2. The number of fused-ring (bicyclic) bond motifs is 1. The monoisotopic (exact) mass is 435 g/mol. The van der Waals surface area contributed by atoms with Crippen LogP contribution in [0, 0.1) is 0 Å². The number of carbonyl (C=O) groups is 1. The van der Waals surface area contributed by atoms with E-state index in [-0.39, 0.29) is 23.3 Å². The highest BCUT2D eigenvalue weighted by Crippen LogP contribution is 2.39. The second-order valence-corrected chi connectivity index (χ2v) is 7.66. The molecule has 1 aromatic heterocycles. The molecule has 0 atom stereocenters. The van der Waals surface area contributed by atoms with Gasteiger partial charge in [-0.2, -0.15) is 0 Å². The molecule has 3 heterocycles. The minimum Gasteiger partial charge on any atom is -0.454 e. The number of nitrogens with zero attached hydrogens (tertiary/aromatic N) is 3. The Kier molecular flexibility index (Phi) is 5.33. The summed E-state index contributed by atoms with van der Waals surface area (Å²) in [6.07, 6.45) is 2.95. The van der Waals surface area contributed by atoms with Gasteiger partial charge in [-0.3, -0.25) is 14.2 Å². The summed E-state index contributed by atoms with van der Waals surface area (Å²) in [5.74, 6) is 0.446. The summed E-state index contributed by atoms with van der Waals surface area (Å²) in [6, 6.07) is 3.06. The van der Waals surface area contributed by atoms with Crippen molar-refractivity contribution in [3.05, 3.63) is 38.0 Å². The molecule has 0 unspecified atom stereocenters. The number of nitrogen functional groups attached to an aromatic ring is 1. The summed E-state index contributed by atoms with van der Waals surface area (Å²) in [6.45, 7) is 0.948. The zero-order valence-electron chi connectivity index (χ0n) is 16.4. The number of anilines is 3. The van der Waals surface area contributed by atoms with Crippen LogP contribution in [-0.4, -0.2) is 34.9 Å². The van der Waals surface area contributed by atoms with Crippen LogP contribution in [0.2, 0.25) is 5.02 Å². The third-order valence-corrected chi connectivity index (χ3v) is 5.59. The summed E-state index contributed by atoms with van der Waals surface area (Å²) < 4.78 is 12.6. The van der Waals surface area contributed by atoms with Gasteiger partial charge in [0.1, 0.15) is 18.1 Å². The van der Waals surface area contributed by atoms with Crippen molar-refractivity contribution < 1.29 is 14.3 Å². The van der Waals surface area contributed by atoms with Crippen molar-refractivity contribution in [3.63, 3.8) is 0 Å². The van der Waals surface area contributed by atoms with E-state index in [2.05, 4.69) is 5.32 Å². The number of amides is 1. The van der Waals surface area contributed by atoms with E-state index >= 15 is 0 Å². The van der Waals surface area contributed by atoms with Gasteiger partial charge in [-0.1, -0.05) is 11.6 Å². The molecule has 10 nitrogen and oxygen atoms in total. The lowest BCUT2D eigenvalue weighted by atomic mass is 10.1. The lowest BCUT2D eigenvalue weighted by Crippen LogP contribution is -2.46. The number of nitrogens with two attached hydrogens (primary N) is 1. The first-order chi connectivity index (χ1) is 14.4. The zero-order chi connectivity index (χ0) is 21.4. The molecule has 0 aliphatic carbocycles. The molecule has 2 aliphatic heterocycles. The van der Waals surface area contributed by atoms with Crippen molar-refractivity contribution in [2.45, 2.75) is 25.8 Å². The lowest BCUT2D eigenvalue weighted by Gasteiger charge is -2.29. The number of benzene rings is 1. The van der Waals surface area contributed by atoms with Gasteiger partial charge in [0.2, 0.25) is 12.7 Å². The predicted molar refractivity (Wildman–Crippen MR) is 113 cm³/mol. The van der Waals surface area contributed by atoms with E-state index in [0.29, 0.717) is 30.3 Å². The van der Waals surface area contributed by atoms with Crippen LogP contribution in [0.3, 0.4) is 0 Å². The molecule has 160 valence electrons. The van der Waals surface area contributed by atoms with Crippen molar-refractivity contribution in [2.24, 2.45) is 7.05 Å². The maximum Gasteiger partial charge on any atom is 0.332 e. The molecule has 11 heteroatoms. The normalized spacial score (nSPS) is 15.3. The number of piperidine rings is 1. The molecule has 4 rings (SSSR count). The number of rotatable bonds is 4. The number of hydrogen-bond acceptors (Lipinski definition) is 7. The molecule has 3 N–H and O–H groups in total. The molecule has 1 saturated heterocycles. The highest BCUT2D eigenvalue weighted by atomic mass is 35.5. The fraction of sp³-hybridized carbons (Fsp3) is 0.421. The molecule has 30 heavy (non-hydrogen) atoms. The topological polar surface area (TPSA) is 121 Å². The fourth-order valence-electron chi connectivity index (χ4n) is 3.67. The van der Waals surface area contributed by atoms with E-state index < -0.39 is 23.7 Å². The quantitative estimate of drug-likeness (QED) is 0.738.